The first-order chi connectivity index (χ1) is 4.59. The Balaban J connectivity index is 3.71. The van der Waals surface area contributed by atoms with E-state index in [4.69, 9.17) is 17.4 Å². The van der Waals surface area contributed by atoms with Gasteiger partial charge in [-0.2, -0.15) is 5.48 Å². The molecule has 0 aliphatic heterocycles. The molecule has 0 rings (SSSR count). The van der Waals surface area contributed by atoms with Crippen LogP contribution in [0.3, 0.4) is 0 Å². The Bertz CT molecular complexity index is 117. The fourth-order valence-electron chi connectivity index (χ4n) is 0.515. The van der Waals surface area contributed by atoms with E-state index in [9.17, 15) is 0 Å². The maximum Gasteiger partial charge on any atom is 0.171 e. The van der Waals surface area contributed by atoms with Crippen molar-refractivity contribution in [1.82, 2.24) is 15.3 Å². The highest BCUT2D eigenvalue weighted by Crippen LogP contribution is 1.88. The zero-order chi connectivity index (χ0) is 8.15. The highest BCUT2D eigenvalue weighted by atomic mass is 32.1. The van der Waals surface area contributed by atoms with E-state index in [1.54, 1.807) is 16.8 Å². The van der Waals surface area contributed by atoms with E-state index in [0.29, 0.717) is 11.8 Å². The summed E-state index contributed by atoms with van der Waals surface area (Å²) in [4.78, 5) is 3.52. The minimum Gasteiger partial charge on any atom is -0.355 e. The zero-order valence-electron chi connectivity index (χ0n) is 6.46. The van der Waals surface area contributed by atoms with Crippen LogP contribution in [0, 0.1) is 0 Å². The molecule has 0 radical (unpaired) electrons. The molecule has 0 amide bonds. The lowest BCUT2D eigenvalue weighted by atomic mass is 10.7. The van der Waals surface area contributed by atoms with Crippen LogP contribution in [0.2, 0.25) is 0 Å². The smallest absolute Gasteiger partial charge is 0.171 e. The minimum absolute atomic E-state index is 0.344. The lowest BCUT2D eigenvalue weighted by Crippen LogP contribution is -2.40. The molecule has 4 nitrogen and oxygen atoms in total. The van der Waals surface area contributed by atoms with Crippen LogP contribution in [-0.4, -0.2) is 47.9 Å². The number of hydrogen-bond donors (Lipinski definition) is 2. The van der Waals surface area contributed by atoms with Gasteiger partial charge < -0.3 is 15.0 Å². The summed E-state index contributed by atoms with van der Waals surface area (Å²) in [5, 5.41) is 8.98. The summed E-state index contributed by atoms with van der Waals surface area (Å²) in [5.41, 5.74) is 2.02. The van der Waals surface area contributed by atoms with E-state index in [2.05, 4.69) is 0 Å². The van der Waals surface area contributed by atoms with Gasteiger partial charge in [0.05, 0.1) is 6.67 Å². The van der Waals surface area contributed by atoms with Crippen LogP contribution in [-0.2, 0) is 0 Å². The third-order valence-electron chi connectivity index (χ3n) is 1.02. The van der Waals surface area contributed by atoms with Crippen molar-refractivity contribution in [2.45, 2.75) is 0 Å². The molecular weight excluding hydrogens is 150 g/mol. The van der Waals surface area contributed by atoms with Gasteiger partial charge in [-0.15, -0.1) is 0 Å². The lowest BCUT2D eigenvalue weighted by Gasteiger charge is -2.23. The molecule has 0 unspecified atom stereocenters. The van der Waals surface area contributed by atoms with Crippen LogP contribution >= 0.6 is 12.2 Å². The summed E-state index contributed by atoms with van der Waals surface area (Å²) in [6.07, 6.45) is 0. The molecule has 10 heavy (non-hydrogen) atoms. The molecule has 60 valence electrons. The van der Waals surface area contributed by atoms with Crippen molar-refractivity contribution < 1.29 is 5.21 Å². The topological polar surface area (TPSA) is 38.7 Å². The van der Waals surface area contributed by atoms with E-state index in [0.717, 1.165) is 0 Å². The van der Waals surface area contributed by atoms with Crippen molar-refractivity contribution in [1.29, 1.82) is 0 Å². The molecule has 0 saturated carbocycles. The quantitative estimate of drug-likeness (QED) is 0.332. The van der Waals surface area contributed by atoms with Gasteiger partial charge in [0.1, 0.15) is 0 Å². The van der Waals surface area contributed by atoms with Crippen molar-refractivity contribution in [3.8, 4) is 0 Å². The number of hydrogen-bond acceptors (Lipinski definition) is 3. The number of thiocarbonyl (C=S) groups is 1. The Morgan fingerprint density at radius 3 is 2.30 bits per heavy atom. The third-order valence-corrected chi connectivity index (χ3v) is 1.69. The van der Waals surface area contributed by atoms with Crippen LogP contribution < -0.4 is 5.48 Å². The molecule has 0 aromatic heterocycles. The second-order valence-corrected chi connectivity index (χ2v) is 2.56. The largest absolute Gasteiger partial charge is 0.355 e. The fraction of sp³-hybridized carbons (Fsp3) is 0.800. The average Bonchev–Trinajstić information content (AvgIpc) is 1.87. The fourth-order valence-corrected chi connectivity index (χ4v) is 0.580. The third kappa shape index (κ3) is 2.95. The minimum atomic E-state index is 0.344. The Morgan fingerprint density at radius 1 is 1.50 bits per heavy atom. The van der Waals surface area contributed by atoms with Gasteiger partial charge in [-0.05, 0) is 12.2 Å². The SMILES string of the molecule is CN(C)C(=S)N(C)CNO. The molecule has 0 atom stereocenters. The predicted octanol–water partition coefficient (Wildman–Crippen LogP) is -0.299. The number of nitrogens with one attached hydrogen (secondary N) is 1. The Kier molecular flexibility index (Phi) is 4.26. The summed E-state index contributed by atoms with van der Waals surface area (Å²) in [7, 11) is 5.51. The molecule has 2 N–H and O–H groups in total. The standard InChI is InChI=1S/C5H13N3OS/c1-7(2)5(10)8(3)4-6-9/h6,9H,4H2,1-3H3. The van der Waals surface area contributed by atoms with E-state index < -0.39 is 0 Å². The van der Waals surface area contributed by atoms with Crippen LogP contribution in [0.4, 0.5) is 0 Å². The first-order valence-corrected chi connectivity index (χ1v) is 3.29. The van der Waals surface area contributed by atoms with Gasteiger partial charge >= 0.3 is 0 Å². The highest BCUT2D eigenvalue weighted by molar-refractivity contribution is 7.80. The molecule has 0 aliphatic rings. The number of hydroxylamine groups is 1. The van der Waals surface area contributed by atoms with Gasteiger partial charge in [-0.25, -0.2) is 0 Å². The maximum atomic E-state index is 8.30. The molecule has 5 heteroatoms. The van der Waals surface area contributed by atoms with Gasteiger partial charge in [0, 0.05) is 21.1 Å². The Morgan fingerprint density at radius 2 is 2.00 bits per heavy atom. The van der Waals surface area contributed by atoms with E-state index >= 15 is 0 Å². The molecule has 0 fully saturated rings. The monoisotopic (exact) mass is 163 g/mol. The van der Waals surface area contributed by atoms with Crippen LogP contribution in [0.5, 0.6) is 0 Å². The van der Waals surface area contributed by atoms with Crippen LogP contribution in [0.15, 0.2) is 0 Å². The van der Waals surface area contributed by atoms with Gasteiger partial charge in [0.2, 0.25) is 0 Å². The van der Waals surface area contributed by atoms with Crippen molar-refractivity contribution in [3.63, 3.8) is 0 Å². The van der Waals surface area contributed by atoms with Crippen molar-refractivity contribution >= 4 is 17.3 Å². The average molecular weight is 163 g/mol. The van der Waals surface area contributed by atoms with Crippen molar-refractivity contribution in [2.24, 2.45) is 0 Å². The van der Waals surface area contributed by atoms with E-state index in [1.165, 1.54) is 0 Å². The molecule has 0 aromatic carbocycles. The molecule has 0 heterocycles. The summed E-state index contributed by atoms with van der Waals surface area (Å²) < 4.78 is 0. The number of nitrogens with zero attached hydrogens (tertiary/aromatic N) is 2. The normalized spacial score (nSPS) is 9.20. The van der Waals surface area contributed by atoms with Crippen molar-refractivity contribution in [3.05, 3.63) is 0 Å². The van der Waals surface area contributed by atoms with Gasteiger partial charge in [0.25, 0.3) is 0 Å². The second kappa shape index (κ2) is 4.43. The lowest BCUT2D eigenvalue weighted by molar-refractivity contribution is 0.132. The predicted molar refractivity (Wildman–Crippen MR) is 43.8 cm³/mol. The molecule has 0 bridgehead atoms. The first kappa shape index (κ1) is 9.61. The van der Waals surface area contributed by atoms with E-state index in [1.807, 2.05) is 19.6 Å². The molecule has 0 saturated heterocycles. The molecule has 0 aliphatic carbocycles. The van der Waals surface area contributed by atoms with Gasteiger partial charge in [-0.3, -0.25) is 0 Å². The Labute approximate surface area is 66.4 Å². The molecule has 0 aromatic rings. The van der Waals surface area contributed by atoms with Crippen molar-refractivity contribution in [2.75, 3.05) is 27.8 Å². The molecule has 0 spiro atoms. The first-order valence-electron chi connectivity index (χ1n) is 2.89. The van der Waals surface area contributed by atoms with Crippen LogP contribution in [0.1, 0.15) is 0 Å². The highest BCUT2D eigenvalue weighted by Gasteiger charge is 2.03. The summed E-state index contributed by atoms with van der Waals surface area (Å²) in [6.45, 7) is 0.344. The second-order valence-electron chi connectivity index (χ2n) is 2.19. The maximum absolute atomic E-state index is 8.30. The molecular formula is C5H13N3OS. The van der Waals surface area contributed by atoms with Crippen LogP contribution in [0.25, 0.3) is 0 Å². The van der Waals surface area contributed by atoms with E-state index in [-0.39, 0.29) is 0 Å². The Hall–Kier alpha value is -0.390. The summed E-state index contributed by atoms with van der Waals surface area (Å²) >= 11 is 4.97. The zero-order valence-corrected chi connectivity index (χ0v) is 7.27. The summed E-state index contributed by atoms with van der Waals surface area (Å²) in [5.74, 6) is 0. The summed E-state index contributed by atoms with van der Waals surface area (Å²) in [6, 6.07) is 0. The number of rotatable bonds is 2. The van der Waals surface area contributed by atoms with Gasteiger partial charge in [-0.1, -0.05) is 0 Å². The van der Waals surface area contributed by atoms with Gasteiger partial charge in [0.15, 0.2) is 5.11 Å².